The van der Waals surface area contributed by atoms with Crippen molar-refractivity contribution in [3.05, 3.63) is 46.0 Å². The number of hydrogen-bond donors (Lipinski definition) is 1. The fraction of sp³-hybridized carbons (Fsp3) is 0.548. The van der Waals surface area contributed by atoms with E-state index in [0.717, 1.165) is 75.8 Å². The lowest BCUT2D eigenvalue weighted by Crippen LogP contribution is -2.54. The molecule has 3 aliphatic rings. The van der Waals surface area contributed by atoms with Gasteiger partial charge in [0.15, 0.2) is 5.78 Å². The fourth-order valence-electron chi connectivity index (χ4n) is 6.96. The molecule has 3 fully saturated rings. The van der Waals surface area contributed by atoms with E-state index in [9.17, 15) is 14.4 Å². The van der Waals surface area contributed by atoms with E-state index in [2.05, 4.69) is 31.2 Å². The van der Waals surface area contributed by atoms with E-state index in [-0.39, 0.29) is 29.0 Å². The predicted octanol–water partition coefficient (Wildman–Crippen LogP) is 3.91. The van der Waals surface area contributed by atoms with Crippen molar-refractivity contribution in [2.24, 2.45) is 0 Å². The van der Waals surface area contributed by atoms with E-state index in [1.54, 1.807) is 22.6 Å². The molecule has 1 saturated carbocycles. The van der Waals surface area contributed by atoms with Gasteiger partial charge in [-0.1, -0.05) is 12.8 Å². The molecule has 3 aromatic heterocycles. The van der Waals surface area contributed by atoms with E-state index in [0.29, 0.717) is 42.1 Å². The molecule has 0 atom stereocenters. The highest BCUT2D eigenvalue weighted by Gasteiger charge is 2.30. The van der Waals surface area contributed by atoms with Crippen molar-refractivity contribution in [1.29, 1.82) is 0 Å². The number of fused-ring (bicyclic) bond motifs is 1. The molecule has 1 aliphatic carbocycles. The number of anilines is 3. The molecule has 43 heavy (non-hydrogen) atoms. The molecule has 228 valence electrons. The first-order valence-corrected chi connectivity index (χ1v) is 15.3. The lowest BCUT2D eigenvalue weighted by Gasteiger charge is -2.42. The van der Waals surface area contributed by atoms with Crippen molar-refractivity contribution < 1.29 is 14.3 Å². The highest BCUT2D eigenvalue weighted by Crippen LogP contribution is 2.32. The number of carbonyl (C=O) groups excluding carboxylic acids is 2. The van der Waals surface area contributed by atoms with Crippen LogP contribution >= 0.6 is 0 Å². The van der Waals surface area contributed by atoms with Crippen molar-refractivity contribution in [3.8, 4) is 0 Å². The highest BCUT2D eigenvalue weighted by molar-refractivity contribution is 5.99. The number of hydrogen-bond acceptors (Lipinski definition) is 10. The number of amides is 1. The van der Waals surface area contributed by atoms with Crippen LogP contribution in [-0.2, 0) is 4.74 Å². The van der Waals surface area contributed by atoms with E-state index in [1.165, 1.54) is 14.0 Å². The van der Waals surface area contributed by atoms with Crippen LogP contribution in [0.1, 0.15) is 67.4 Å². The number of aryl methyl sites for hydroxylation is 1. The molecule has 2 aliphatic heterocycles. The molecule has 12 heteroatoms. The summed E-state index contributed by atoms with van der Waals surface area (Å²) in [6.45, 7) is 8.32. The molecule has 2 saturated heterocycles. The van der Waals surface area contributed by atoms with Gasteiger partial charge in [0.25, 0.3) is 5.56 Å². The number of ether oxygens (including phenoxy) is 1. The second-order valence-electron chi connectivity index (χ2n) is 11.8. The third-order valence-corrected chi connectivity index (χ3v) is 9.33. The molecular formula is C31H40N8O4. The topological polar surface area (TPSA) is 126 Å². The van der Waals surface area contributed by atoms with Gasteiger partial charge in [-0.05, 0) is 57.2 Å². The van der Waals surface area contributed by atoms with Crippen molar-refractivity contribution >= 4 is 40.4 Å². The zero-order valence-corrected chi connectivity index (χ0v) is 25.2. The molecular weight excluding hydrogens is 548 g/mol. The number of nitrogens with zero attached hydrogens (tertiary/aromatic N) is 7. The zero-order chi connectivity index (χ0) is 30.1. The first kappa shape index (κ1) is 29.0. The Bertz CT molecular complexity index is 1550. The number of pyridine rings is 2. The van der Waals surface area contributed by atoms with Crippen molar-refractivity contribution in [2.45, 2.75) is 64.5 Å². The summed E-state index contributed by atoms with van der Waals surface area (Å²) in [7, 11) is 1.43. The number of methoxy groups -OCH3 is 1. The molecule has 0 spiro atoms. The number of carbonyl (C=O) groups is 2. The second-order valence-corrected chi connectivity index (χ2v) is 11.8. The van der Waals surface area contributed by atoms with E-state index < -0.39 is 0 Å². The number of nitrogens with one attached hydrogen (secondary N) is 1. The van der Waals surface area contributed by atoms with E-state index >= 15 is 0 Å². The average molecular weight is 589 g/mol. The summed E-state index contributed by atoms with van der Waals surface area (Å²) in [5, 5.41) is 3.93. The molecule has 0 radical (unpaired) electrons. The van der Waals surface area contributed by atoms with Crippen LogP contribution in [0.15, 0.2) is 29.3 Å². The molecule has 1 amide bonds. The van der Waals surface area contributed by atoms with Crippen LogP contribution in [0.4, 0.5) is 22.2 Å². The Hall–Kier alpha value is -4.06. The Morgan fingerprint density at radius 3 is 2.28 bits per heavy atom. The summed E-state index contributed by atoms with van der Waals surface area (Å²) in [4.78, 5) is 58.2. The fourth-order valence-corrected chi connectivity index (χ4v) is 6.96. The van der Waals surface area contributed by atoms with Crippen LogP contribution in [0.5, 0.6) is 0 Å². The second kappa shape index (κ2) is 12.3. The lowest BCUT2D eigenvalue weighted by molar-refractivity contribution is 0.0686. The van der Waals surface area contributed by atoms with Crippen molar-refractivity contribution in [3.63, 3.8) is 0 Å². The normalized spacial score (nSPS) is 18.8. The van der Waals surface area contributed by atoms with Crippen LogP contribution in [-0.4, -0.2) is 93.6 Å². The van der Waals surface area contributed by atoms with Crippen LogP contribution in [0.3, 0.4) is 0 Å². The summed E-state index contributed by atoms with van der Waals surface area (Å²) in [6.07, 6.45) is 9.37. The molecule has 1 N–H and O–H groups in total. The quantitative estimate of drug-likeness (QED) is 0.424. The molecule has 0 bridgehead atoms. The Morgan fingerprint density at radius 2 is 1.65 bits per heavy atom. The third-order valence-electron chi connectivity index (χ3n) is 9.33. The van der Waals surface area contributed by atoms with Gasteiger partial charge in [-0.2, -0.15) is 4.98 Å². The average Bonchev–Trinajstić information content (AvgIpc) is 3.56. The van der Waals surface area contributed by atoms with Gasteiger partial charge in [0.05, 0.1) is 24.6 Å². The number of aromatic nitrogens is 4. The highest BCUT2D eigenvalue weighted by atomic mass is 16.5. The van der Waals surface area contributed by atoms with Gasteiger partial charge >= 0.3 is 6.09 Å². The monoisotopic (exact) mass is 588 g/mol. The summed E-state index contributed by atoms with van der Waals surface area (Å²) in [5.74, 6) is 0.751. The van der Waals surface area contributed by atoms with E-state index in [1.807, 2.05) is 12.3 Å². The van der Waals surface area contributed by atoms with Gasteiger partial charge in [0, 0.05) is 62.9 Å². The van der Waals surface area contributed by atoms with Crippen LogP contribution < -0.4 is 15.8 Å². The van der Waals surface area contributed by atoms with Crippen molar-refractivity contribution in [2.75, 3.05) is 56.6 Å². The SMILES string of the molecule is COC(=O)N1CCN(C2CCN(c3ccc(Nc4ncc5c(C)c(C(C)=O)c(=O)n(C6CCCC6)c5n4)nc3)CC2)CC1. The minimum atomic E-state index is -0.260. The maximum Gasteiger partial charge on any atom is 0.409 e. The summed E-state index contributed by atoms with van der Waals surface area (Å²) >= 11 is 0. The Balaban J connectivity index is 1.13. The molecule has 0 unspecified atom stereocenters. The Morgan fingerprint density at radius 1 is 0.930 bits per heavy atom. The molecule has 12 nitrogen and oxygen atoms in total. The molecule has 6 rings (SSSR count). The molecule has 3 aromatic rings. The van der Waals surface area contributed by atoms with Gasteiger partial charge in [0.1, 0.15) is 11.5 Å². The summed E-state index contributed by atoms with van der Waals surface area (Å²) in [5.41, 5.74) is 2.22. The van der Waals surface area contributed by atoms with Crippen LogP contribution in [0.25, 0.3) is 11.0 Å². The van der Waals surface area contributed by atoms with Crippen LogP contribution in [0, 0.1) is 6.92 Å². The van der Waals surface area contributed by atoms with Crippen LogP contribution in [0.2, 0.25) is 0 Å². The number of ketones is 1. The largest absolute Gasteiger partial charge is 0.453 e. The third kappa shape index (κ3) is 5.80. The standard InChI is InChI=1S/C31H40N8O4/c1-20-25-19-33-30(35-28(25)39(23-6-4-5-7-23)29(41)27(20)21(2)40)34-26-9-8-24(18-32-26)36-12-10-22(11-13-36)37-14-16-38(17-15-37)31(42)43-3/h8-9,18-19,22-23H,4-7,10-17H2,1-3H3,(H,32,33,34,35). The first-order valence-electron chi connectivity index (χ1n) is 15.3. The smallest absolute Gasteiger partial charge is 0.409 e. The van der Waals surface area contributed by atoms with E-state index in [4.69, 9.17) is 9.72 Å². The lowest BCUT2D eigenvalue weighted by atomic mass is 10.0. The maximum atomic E-state index is 13.5. The Labute approximate surface area is 251 Å². The van der Waals surface area contributed by atoms with Gasteiger partial charge in [-0.15, -0.1) is 0 Å². The van der Waals surface area contributed by atoms with Crippen molar-refractivity contribution in [1.82, 2.24) is 29.3 Å². The van der Waals surface area contributed by atoms with Gasteiger partial charge in [0.2, 0.25) is 5.95 Å². The minimum Gasteiger partial charge on any atom is -0.453 e. The van der Waals surface area contributed by atoms with Gasteiger partial charge < -0.3 is 19.9 Å². The first-order chi connectivity index (χ1) is 20.8. The maximum absolute atomic E-state index is 13.5. The number of piperazine rings is 1. The van der Waals surface area contributed by atoms with Gasteiger partial charge in [-0.25, -0.2) is 14.8 Å². The number of Topliss-reactive ketones (excluding diaryl/α,β-unsaturated/α-hetero) is 1. The zero-order valence-electron chi connectivity index (χ0n) is 25.2. The summed E-state index contributed by atoms with van der Waals surface area (Å²) < 4.78 is 6.58. The Kier molecular flexibility index (Phi) is 8.29. The molecule has 0 aromatic carbocycles. The molecule has 5 heterocycles. The minimum absolute atomic E-state index is 0.0301. The summed E-state index contributed by atoms with van der Waals surface area (Å²) in [6, 6.07) is 4.54. The number of rotatable bonds is 6. The van der Waals surface area contributed by atoms with Gasteiger partial charge in [-0.3, -0.25) is 19.1 Å². The predicted molar refractivity (Wildman–Crippen MR) is 164 cm³/mol. The number of piperidine rings is 1.